The van der Waals surface area contributed by atoms with E-state index in [0.717, 1.165) is 12.8 Å². The second-order valence-electron chi connectivity index (χ2n) is 3.81. The zero-order valence-electron chi connectivity index (χ0n) is 10.5. The normalized spacial score (nSPS) is 22.3. The molecule has 0 radical (unpaired) electrons. The predicted octanol–water partition coefficient (Wildman–Crippen LogP) is 1.49. The number of carbonyl (C=O) groups excluding carboxylic acids is 2. The first-order chi connectivity index (χ1) is 8.65. The van der Waals surface area contributed by atoms with E-state index in [1.165, 1.54) is 14.2 Å². The number of carbonyl (C=O) groups is 2. The van der Waals surface area contributed by atoms with Gasteiger partial charge in [-0.25, -0.2) is 9.59 Å². The molecule has 0 unspecified atom stereocenters. The van der Waals surface area contributed by atoms with Crippen molar-refractivity contribution in [3.63, 3.8) is 0 Å². The first kappa shape index (κ1) is 14.6. The summed E-state index contributed by atoms with van der Waals surface area (Å²) in [5, 5.41) is 0. The van der Waals surface area contributed by atoms with Crippen molar-refractivity contribution in [2.24, 2.45) is 0 Å². The third-order valence-corrected chi connectivity index (χ3v) is 2.58. The Bertz CT molecular complexity index is 279. The largest absolute Gasteiger partial charge is 0.508 e. The molecule has 18 heavy (non-hydrogen) atoms. The molecule has 104 valence electrons. The standard InChI is InChI=1S/C11H18O7/c1-14-10(12)16-6-5-8-3-4-9(18-8)7-17-11(13)15-2/h8-9H,3-7H2,1-2H3/t8-,9+/m0/s1. The van der Waals surface area contributed by atoms with E-state index in [9.17, 15) is 9.59 Å². The molecule has 1 aliphatic rings. The van der Waals surface area contributed by atoms with Crippen molar-refractivity contribution in [3.05, 3.63) is 0 Å². The summed E-state index contributed by atoms with van der Waals surface area (Å²) >= 11 is 0. The minimum absolute atomic E-state index is 0.0147. The van der Waals surface area contributed by atoms with Crippen LogP contribution in [0.25, 0.3) is 0 Å². The smallest absolute Gasteiger partial charge is 0.438 e. The van der Waals surface area contributed by atoms with Crippen molar-refractivity contribution in [2.75, 3.05) is 27.4 Å². The molecule has 1 rings (SSSR count). The fourth-order valence-electron chi connectivity index (χ4n) is 1.67. The van der Waals surface area contributed by atoms with Crippen molar-refractivity contribution in [1.29, 1.82) is 0 Å². The maximum Gasteiger partial charge on any atom is 0.508 e. The van der Waals surface area contributed by atoms with Crippen molar-refractivity contribution >= 4 is 12.3 Å². The fraction of sp³-hybridized carbons (Fsp3) is 0.818. The summed E-state index contributed by atoms with van der Waals surface area (Å²) in [6.45, 7) is 0.433. The first-order valence-electron chi connectivity index (χ1n) is 5.72. The van der Waals surface area contributed by atoms with Gasteiger partial charge < -0.3 is 23.7 Å². The number of ether oxygens (including phenoxy) is 5. The van der Waals surface area contributed by atoms with Gasteiger partial charge in [0.25, 0.3) is 0 Å². The molecular formula is C11H18O7. The number of methoxy groups -OCH3 is 2. The van der Waals surface area contributed by atoms with Crippen LogP contribution in [0.2, 0.25) is 0 Å². The molecular weight excluding hydrogens is 244 g/mol. The minimum Gasteiger partial charge on any atom is -0.438 e. The average Bonchev–Trinajstić information content (AvgIpc) is 2.83. The highest BCUT2D eigenvalue weighted by molar-refractivity contribution is 5.59. The molecule has 1 fully saturated rings. The molecule has 0 amide bonds. The molecule has 7 heteroatoms. The van der Waals surface area contributed by atoms with Crippen molar-refractivity contribution < 1.29 is 33.3 Å². The van der Waals surface area contributed by atoms with Gasteiger partial charge >= 0.3 is 12.3 Å². The zero-order chi connectivity index (χ0) is 13.4. The van der Waals surface area contributed by atoms with Crippen molar-refractivity contribution in [3.8, 4) is 0 Å². The van der Waals surface area contributed by atoms with Gasteiger partial charge in [0, 0.05) is 6.42 Å². The maximum atomic E-state index is 10.8. The Labute approximate surface area is 105 Å². The molecule has 0 aromatic heterocycles. The Morgan fingerprint density at radius 2 is 1.67 bits per heavy atom. The van der Waals surface area contributed by atoms with Crippen molar-refractivity contribution in [1.82, 2.24) is 0 Å². The van der Waals surface area contributed by atoms with Gasteiger partial charge in [-0.3, -0.25) is 0 Å². The molecule has 0 spiro atoms. The van der Waals surface area contributed by atoms with Gasteiger partial charge in [0.15, 0.2) is 0 Å². The van der Waals surface area contributed by atoms with Gasteiger partial charge in [0.2, 0.25) is 0 Å². The van der Waals surface area contributed by atoms with Crippen LogP contribution in [0.15, 0.2) is 0 Å². The molecule has 7 nitrogen and oxygen atoms in total. The van der Waals surface area contributed by atoms with E-state index in [-0.39, 0.29) is 25.4 Å². The van der Waals surface area contributed by atoms with E-state index in [1.807, 2.05) is 0 Å². The van der Waals surface area contributed by atoms with E-state index in [2.05, 4.69) is 9.47 Å². The predicted molar refractivity (Wildman–Crippen MR) is 59.2 cm³/mol. The Hall–Kier alpha value is -1.50. The lowest BCUT2D eigenvalue weighted by Crippen LogP contribution is -2.20. The minimum atomic E-state index is -0.712. The van der Waals surface area contributed by atoms with Crippen LogP contribution in [-0.4, -0.2) is 52.0 Å². The van der Waals surface area contributed by atoms with Crippen LogP contribution in [0.1, 0.15) is 19.3 Å². The number of hydrogen-bond acceptors (Lipinski definition) is 7. The monoisotopic (exact) mass is 262 g/mol. The summed E-state index contributed by atoms with van der Waals surface area (Å²) in [5.41, 5.74) is 0. The lowest BCUT2D eigenvalue weighted by molar-refractivity contribution is -0.0198. The Balaban J connectivity index is 2.09. The van der Waals surface area contributed by atoms with Gasteiger partial charge in [-0.05, 0) is 12.8 Å². The summed E-state index contributed by atoms with van der Waals surface area (Å²) in [6, 6.07) is 0. The lowest BCUT2D eigenvalue weighted by Gasteiger charge is -2.13. The Morgan fingerprint density at radius 3 is 2.33 bits per heavy atom. The van der Waals surface area contributed by atoms with E-state index in [1.54, 1.807) is 0 Å². The Kier molecular flexibility index (Phi) is 6.27. The van der Waals surface area contributed by atoms with Crippen molar-refractivity contribution in [2.45, 2.75) is 31.5 Å². The highest BCUT2D eigenvalue weighted by Gasteiger charge is 2.26. The fourth-order valence-corrected chi connectivity index (χ4v) is 1.67. The number of hydrogen-bond donors (Lipinski definition) is 0. The summed E-state index contributed by atoms with van der Waals surface area (Å²) in [7, 11) is 2.51. The lowest BCUT2D eigenvalue weighted by atomic mass is 10.1. The maximum absolute atomic E-state index is 10.8. The van der Waals surface area contributed by atoms with Gasteiger partial charge in [0.1, 0.15) is 6.61 Å². The summed E-state index contributed by atoms with van der Waals surface area (Å²) in [6.07, 6.45) is 0.742. The van der Waals surface area contributed by atoms with E-state index in [4.69, 9.17) is 14.2 Å². The third kappa shape index (κ3) is 5.22. The molecule has 0 aromatic carbocycles. The summed E-state index contributed by atoms with van der Waals surface area (Å²) in [4.78, 5) is 21.5. The van der Waals surface area contributed by atoms with Crippen LogP contribution in [0.4, 0.5) is 9.59 Å². The molecule has 1 heterocycles. The van der Waals surface area contributed by atoms with Crippen LogP contribution in [0.3, 0.4) is 0 Å². The average molecular weight is 262 g/mol. The summed E-state index contributed by atoms with van der Waals surface area (Å²) < 4.78 is 23.8. The quantitative estimate of drug-likeness (QED) is 0.694. The van der Waals surface area contributed by atoms with Crippen LogP contribution in [0, 0.1) is 0 Å². The molecule has 1 saturated heterocycles. The van der Waals surface area contributed by atoms with Crippen LogP contribution in [0.5, 0.6) is 0 Å². The second-order valence-corrected chi connectivity index (χ2v) is 3.81. The van der Waals surface area contributed by atoms with Gasteiger partial charge in [-0.1, -0.05) is 0 Å². The first-order valence-corrected chi connectivity index (χ1v) is 5.72. The van der Waals surface area contributed by atoms with E-state index >= 15 is 0 Å². The van der Waals surface area contributed by atoms with E-state index < -0.39 is 12.3 Å². The molecule has 0 bridgehead atoms. The number of rotatable bonds is 5. The molecule has 0 aliphatic carbocycles. The zero-order valence-corrected chi connectivity index (χ0v) is 10.5. The highest BCUT2D eigenvalue weighted by atomic mass is 16.7. The second kappa shape index (κ2) is 7.75. The van der Waals surface area contributed by atoms with Crippen LogP contribution in [-0.2, 0) is 23.7 Å². The molecule has 0 saturated carbocycles. The van der Waals surface area contributed by atoms with Gasteiger partial charge in [0.05, 0.1) is 33.0 Å². The molecule has 0 aromatic rings. The Morgan fingerprint density at radius 1 is 1.06 bits per heavy atom. The van der Waals surface area contributed by atoms with Gasteiger partial charge in [-0.15, -0.1) is 0 Å². The molecule has 1 aliphatic heterocycles. The third-order valence-electron chi connectivity index (χ3n) is 2.58. The van der Waals surface area contributed by atoms with E-state index in [0.29, 0.717) is 6.42 Å². The molecule has 0 N–H and O–H groups in total. The summed E-state index contributed by atoms with van der Waals surface area (Å²) in [5.74, 6) is 0. The van der Waals surface area contributed by atoms with Crippen LogP contribution >= 0.6 is 0 Å². The topological polar surface area (TPSA) is 80.3 Å². The SMILES string of the molecule is COC(=O)OCC[C@@H]1CC[C@H](COC(=O)OC)O1. The highest BCUT2D eigenvalue weighted by Crippen LogP contribution is 2.22. The van der Waals surface area contributed by atoms with Gasteiger partial charge in [-0.2, -0.15) is 0 Å². The van der Waals surface area contributed by atoms with Crippen LogP contribution < -0.4 is 0 Å². The molecule has 2 atom stereocenters.